The molecule has 25 heavy (non-hydrogen) atoms. The molecule has 0 heterocycles. The van der Waals surface area contributed by atoms with E-state index in [1.165, 1.54) is 6.92 Å². The van der Waals surface area contributed by atoms with E-state index in [-0.39, 0.29) is 12.1 Å². The molecule has 0 N–H and O–H groups in total. The summed E-state index contributed by atoms with van der Waals surface area (Å²) in [5, 5.41) is 0.721. The van der Waals surface area contributed by atoms with Gasteiger partial charge in [-0.05, 0) is 63.8 Å². The third-order valence-electron chi connectivity index (χ3n) is 3.69. The Morgan fingerprint density at radius 2 is 1.84 bits per heavy atom. The Bertz CT molecular complexity index is 688. The molecule has 3 nitrogen and oxygen atoms in total. The van der Waals surface area contributed by atoms with Crippen molar-refractivity contribution in [1.29, 1.82) is 0 Å². The topological polar surface area (TPSA) is 29.5 Å². The minimum Gasteiger partial charge on any atom is -0.458 e. The van der Waals surface area contributed by atoms with Crippen LogP contribution in [0.2, 0.25) is 5.02 Å². The van der Waals surface area contributed by atoms with Gasteiger partial charge in [-0.15, -0.1) is 0 Å². The van der Waals surface area contributed by atoms with Gasteiger partial charge in [0.05, 0.1) is 0 Å². The number of halogens is 1. The molecular weight excluding hydrogens is 354 g/mol. The van der Waals surface area contributed by atoms with Gasteiger partial charge in [-0.2, -0.15) is 0 Å². The lowest BCUT2D eigenvalue weighted by molar-refractivity contribution is -0.147. The lowest BCUT2D eigenvalue weighted by atomic mass is 10.0. The van der Waals surface area contributed by atoms with Crippen LogP contribution in [-0.2, 0) is 9.53 Å². The van der Waals surface area contributed by atoms with E-state index in [0.717, 1.165) is 39.8 Å². The Hall–Kier alpha value is -1.49. The van der Waals surface area contributed by atoms with Crippen molar-refractivity contribution in [2.75, 3.05) is 20.6 Å². The molecule has 0 aliphatic rings. The third-order valence-corrected chi connectivity index (χ3v) is 5.04. The van der Waals surface area contributed by atoms with E-state index in [4.69, 9.17) is 16.3 Å². The fourth-order valence-electron chi connectivity index (χ4n) is 2.54. The van der Waals surface area contributed by atoms with Crippen LogP contribution >= 0.6 is 23.4 Å². The highest BCUT2D eigenvalue weighted by atomic mass is 35.5. The summed E-state index contributed by atoms with van der Waals surface area (Å²) in [6.45, 7) is 2.43. The lowest BCUT2D eigenvalue weighted by Crippen LogP contribution is -2.16. The standard InChI is InChI=1S/C20H24ClNO2S/c1-15(23)24-19(8-6-14-22(2)3)18-7-4-5-9-20(18)25-17-12-10-16(21)11-13-17/h4-5,7,9-13,19H,6,8,14H2,1-3H3/t19-/m1/s1. The van der Waals surface area contributed by atoms with Crippen LogP contribution in [0, 0.1) is 0 Å². The van der Waals surface area contributed by atoms with Crippen molar-refractivity contribution in [3.63, 3.8) is 0 Å². The first-order chi connectivity index (χ1) is 12.0. The Morgan fingerprint density at radius 3 is 2.48 bits per heavy atom. The maximum absolute atomic E-state index is 11.6. The van der Waals surface area contributed by atoms with Crippen molar-refractivity contribution in [3.05, 3.63) is 59.1 Å². The van der Waals surface area contributed by atoms with Crippen LogP contribution in [0.3, 0.4) is 0 Å². The number of benzene rings is 2. The van der Waals surface area contributed by atoms with Crippen LogP contribution in [0.1, 0.15) is 31.4 Å². The fourth-order valence-corrected chi connectivity index (χ4v) is 3.66. The molecule has 0 spiro atoms. The predicted molar refractivity (Wildman–Crippen MR) is 104 cm³/mol. The minimum atomic E-state index is -0.249. The largest absolute Gasteiger partial charge is 0.458 e. The molecule has 134 valence electrons. The Kier molecular flexibility index (Phi) is 7.82. The van der Waals surface area contributed by atoms with Crippen LogP contribution in [0.4, 0.5) is 0 Å². The van der Waals surface area contributed by atoms with Crippen molar-refractivity contribution in [2.45, 2.75) is 35.7 Å². The second-order valence-corrected chi connectivity index (χ2v) is 7.69. The van der Waals surface area contributed by atoms with Gasteiger partial charge in [-0.25, -0.2) is 0 Å². The summed E-state index contributed by atoms with van der Waals surface area (Å²) in [6.07, 6.45) is 1.54. The monoisotopic (exact) mass is 377 g/mol. The van der Waals surface area contributed by atoms with E-state index in [0.29, 0.717) is 0 Å². The molecule has 0 saturated heterocycles. The summed E-state index contributed by atoms with van der Waals surface area (Å²) >= 11 is 7.62. The van der Waals surface area contributed by atoms with Crippen molar-refractivity contribution in [3.8, 4) is 0 Å². The SMILES string of the molecule is CC(=O)O[C@H](CCCN(C)C)c1ccccc1Sc1ccc(Cl)cc1. The number of rotatable bonds is 8. The van der Waals surface area contributed by atoms with Gasteiger partial charge in [0.2, 0.25) is 0 Å². The van der Waals surface area contributed by atoms with Gasteiger partial charge in [0, 0.05) is 27.3 Å². The Labute approximate surface area is 159 Å². The molecule has 0 fully saturated rings. The zero-order valence-corrected chi connectivity index (χ0v) is 16.4. The smallest absolute Gasteiger partial charge is 0.303 e. The summed E-state index contributed by atoms with van der Waals surface area (Å²) in [7, 11) is 4.09. The molecule has 2 aromatic carbocycles. The number of ether oxygens (including phenoxy) is 1. The number of nitrogens with zero attached hydrogens (tertiary/aromatic N) is 1. The van der Waals surface area contributed by atoms with Crippen LogP contribution in [0.5, 0.6) is 0 Å². The van der Waals surface area contributed by atoms with Crippen molar-refractivity contribution < 1.29 is 9.53 Å². The zero-order valence-electron chi connectivity index (χ0n) is 14.9. The number of carbonyl (C=O) groups is 1. The average molecular weight is 378 g/mol. The maximum atomic E-state index is 11.6. The molecule has 0 aliphatic heterocycles. The highest BCUT2D eigenvalue weighted by Crippen LogP contribution is 2.36. The first-order valence-corrected chi connectivity index (χ1v) is 9.49. The lowest BCUT2D eigenvalue weighted by Gasteiger charge is -2.21. The number of hydrogen-bond acceptors (Lipinski definition) is 4. The molecule has 0 aliphatic carbocycles. The van der Waals surface area contributed by atoms with Crippen molar-refractivity contribution in [2.24, 2.45) is 0 Å². The molecule has 0 radical (unpaired) electrons. The zero-order chi connectivity index (χ0) is 18.2. The summed E-state index contributed by atoms with van der Waals surface area (Å²) in [6, 6.07) is 15.9. The summed E-state index contributed by atoms with van der Waals surface area (Å²) in [5.74, 6) is -0.249. The maximum Gasteiger partial charge on any atom is 0.303 e. The number of hydrogen-bond donors (Lipinski definition) is 0. The summed E-state index contributed by atoms with van der Waals surface area (Å²) < 4.78 is 5.62. The normalized spacial score (nSPS) is 12.2. The third kappa shape index (κ3) is 6.73. The first kappa shape index (κ1) is 19.8. The molecule has 2 rings (SSSR count). The molecule has 0 bridgehead atoms. The molecule has 0 aromatic heterocycles. The van der Waals surface area contributed by atoms with Gasteiger partial charge >= 0.3 is 5.97 Å². The molecule has 0 unspecified atom stereocenters. The van der Waals surface area contributed by atoms with Gasteiger partial charge < -0.3 is 9.64 Å². The highest BCUT2D eigenvalue weighted by Gasteiger charge is 2.18. The molecule has 2 aromatic rings. The van der Waals surface area contributed by atoms with Crippen LogP contribution in [-0.4, -0.2) is 31.5 Å². The number of carbonyl (C=O) groups excluding carboxylic acids is 1. The van der Waals surface area contributed by atoms with Gasteiger partial charge in [-0.3, -0.25) is 4.79 Å². The van der Waals surface area contributed by atoms with Crippen molar-refractivity contribution >= 4 is 29.3 Å². The van der Waals surface area contributed by atoms with E-state index in [1.807, 2.05) is 56.6 Å². The Morgan fingerprint density at radius 1 is 1.16 bits per heavy atom. The average Bonchev–Trinajstić information content (AvgIpc) is 2.56. The van der Waals surface area contributed by atoms with E-state index >= 15 is 0 Å². The highest BCUT2D eigenvalue weighted by molar-refractivity contribution is 7.99. The molecular formula is C20H24ClNO2S. The molecule has 1 atom stereocenters. The number of esters is 1. The molecule has 0 amide bonds. The van der Waals surface area contributed by atoms with Gasteiger partial charge in [0.25, 0.3) is 0 Å². The van der Waals surface area contributed by atoms with Gasteiger partial charge in [0.15, 0.2) is 0 Å². The van der Waals surface area contributed by atoms with Crippen LogP contribution in [0.15, 0.2) is 58.3 Å². The van der Waals surface area contributed by atoms with Gasteiger partial charge in [-0.1, -0.05) is 41.6 Å². The summed E-state index contributed by atoms with van der Waals surface area (Å²) in [4.78, 5) is 15.9. The van der Waals surface area contributed by atoms with E-state index in [9.17, 15) is 4.79 Å². The quantitative estimate of drug-likeness (QED) is 0.573. The van der Waals surface area contributed by atoms with E-state index in [1.54, 1.807) is 11.8 Å². The Balaban J connectivity index is 2.20. The fraction of sp³-hybridized carbons (Fsp3) is 0.350. The first-order valence-electron chi connectivity index (χ1n) is 8.30. The van der Waals surface area contributed by atoms with Crippen molar-refractivity contribution in [1.82, 2.24) is 4.90 Å². The molecule has 0 saturated carbocycles. The minimum absolute atomic E-state index is 0.228. The van der Waals surface area contributed by atoms with Crippen LogP contribution in [0.25, 0.3) is 0 Å². The predicted octanol–water partition coefficient (Wildman–Crippen LogP) is 5.44. The molecule has 5 heteroatoms. The second kappa shape index (κ2) is 9.85. The second-order valence-electron chi connectivity index (χ2n) is 6.14. The van der Waals surface area contributed by atoms with E-state index in [2.05, 4.69) is 11.0 Å². The van der Waals surface area contributed by atoms with Gasteiger partial charge in [0.1, 0.15) is 6.10 Å². The van der Waals surface area contributed by atoms with Crippen LogP contribution < -0.4 is 0 Å². The summed E-state index contributed by atoms with van der Waals surface area (Å²) in [5.41, 5.74) is 1.05. The van der Waals surface area contributed by atoms with E-state index < -0.39 is 0 Å².